The van der Waals surface area contributed by atoms with Crippen LogP contribution in [-0.2, 0) is 33.2 Å². The topological polar surface area (TPSA) is 75.7 Å². The number of carbonyl (C=O) groups is 1. The summed E-state index contributed by atoms with van der Waals surface area (Å²) in [5, 5.41) is 0. The van der Waals surface area contributed by atoms with Gasteiger partial charge in [-0.05, 0) is 101 Å². The second-order valence-electron chi connectivity index (χ2n) is 16.3. The van der Waals surface area contributed by atoms with Crippen molar-refractivity contribution in [1.29, 1.82) is 0 Å². The Kier molecular flexibility index (Phi) is 7.91. The summed E-state index contributed by atoms with van der Waals surface area (Å²) in [5.41, 5.74) is 0. The van der Waals surface area contributed by atoms with E-state index in [1.807, 2.05) is 6.92 Å². The smallest absolute Gasteiger partial charge is 0.310 e. The van der Waals surface area contributed by atoms with Crippen LogP contribution in [0.2, 0.25) is 0 Å². The highest BCUT2D eigenvalue weighted by molar-refractivity contribution is 5.72. The summed E-state index contributed by atoms with van der Waals surface area (Å²) in [6.45, 7) is 10.1. The largest absolute Gasteiger partial charge is 0.456 e. The molecule has 0 aromatic rings. The van der Waals surface area contributed by atoms with E-state index in [9.17, 15) is 4.79 Å². The summed E-state index contributed by atoms with van der Waals surface area (Å²) >= 11 is 0. The number of rotatable bonds is 5. The molecule has 4 saturated carbocycles. The number of piperidine rings is 1. The highest BCUT2D eigenvalue weighted by Gasteiger charge is 2.66. The Morgan fingerprint density at radius 3 is 2.23 bits per heavy atom. The molecule has 8 fully saturated rings. The number of fused-ring (bicyclic) bond motifs is 7. The molecule has 0 aromatic carbocycles. The minimum atomic E-state index is -0.625. The Hall–Kier alpha value is -0.770. The second-order valence-corrected chi connectivity index (χ2v) is 16.3. The van der Waals surface area contributed by atoms with Gasteiger partial charge in [-0.15, -0.1) is 0 Å². The van der Waals surface area contributed by atoms with Gasteiger partial charge in [0.05, 0.1) is 12.5 Å². The zero-order valence-electron chi connectivity index (χ0n) is 26.8. The Bertz CT molecular complexity index is 1030. The Balaban J connectivity index is 1.01. The monoisotopic (exact) mass is 601 g/mol. The van der Waals surface area contributed by atoms with Gasteiger partial charge < -0.3 is 33.3 Å². The van der Waals surface area contributed by atoms with E-state index in [0.717, 1.165) is 76.4 Å². The highest BCUT2D eigenvalue weighted by atomic mass is 16.9. The molecule has 0 radical (unpaired) electrons. The van der Waals surface area contributed by atoms with Gasteiger partial charge in [0, 0.05) is 31.2 Å². The van der Waals surface area contributed by atoms with E-state index < -0.39 is 36.2 Å². The predicted octanol–water partition coefficient (Wildman–Crippen LogP) is 5.66. The standard InChI is InChI=1S/C35H55NO7/c1-21-13-24-7-9-34(26(15-21)17-24)38-20-28(41-34)29-30(39-32(37)23(3)19-36-11-5-4-6-12-36)31-33(40-29)43-35(42-31)10-8-25-14-22(2)16-27(35)18-25/h21-31,33H,4-20H2,1-3H3. The molecule has 4 saturated heterocycles. The van der Waals surface area contributed by atoms with Crippen molar-refractivity contribution >= 4 is 5.97 Å². The third kappa shape index (κ3) is 5.42. The quantitative estimate of drug-likeness (QED) is 0.374. The average Bonchev–Trinajstić information content (AvgIpc) is 3.67. The van der Waals surface area contributed by atoms with Crippen LogP contribution in [0.5, 0.6) is 0 Å². The predicted molar refractivity (Wildman–Crippen MR) is 159 cm³/mol. The zero-order chi connectivity index (χ0) is 29.3. The molecule has 4 aliphatic heterocycles. The molecule has 14 atom stereocenters. The van der Waals surface area contributed by atoms with E-state index in [2.05, 4.69) is 18.7 Å². The first-order valence-corrected chi connectivity index (χ1v) is 18.0. The van der Waals surface area contributed by atoms with E-state index in [1.165, 1.54) is 38.5 Å². The van der Waals surface area contributed by atoms with Crippen LogP contribution in [0.15, 0.2) is 0 Å². The van der Waals surface area contributed by atoms with Crippen molar-refractivity contribution in [2.75, 3.05) is 26.2 Å². The number of nitrogens with zero attached hydrogens (tertiary/aromatic N) is 1. The zero-order valence-corrected chi connectivity index (χ0v) is 26.8. The van der Waals surface area contributed by atoms with Crippen molar-refractivity contribution in [2.45, 2.75) is 147 Å². The third-order valence-electron chi connectivity index (χ3n) is 12.8. The number of ether oxygens (including phenoxy) is 6. The fraction of sp³-hybridized carbons (Fsp3) is 0.971. The van der Waals surface area contributed by atoms with Crippen LogP contribution in [0.3, 0.4) is 0 Å². The molecule has 4 aliphatic carbocycles. The number of carbonyl (C=O) groups excluding carboxylic acids is 1. The highest BCUT2D eigenvalue weighted by Crippen LogP contribution is 2.56. The number of esters is 1. The van der Waals surface area contributed by atoms with Gasteiger partial charge in [-0.3, -0.25) is 4.79 Å². The molecule has 8 aliphatic rings. The molecule has 2 spiro atoms. The lowest BCUT2D eigenvalue weighted by atomic mass is 9.65. The fourth-order valence-electron chi connectivity index (χ4n) is 10.9. The van der Waals surface area contributed by atoms with Crippen LogP contribution in [0, 0.1) is 41.4 Å². The lowest BCUT2D eigenvalue weighted by Crippen LogP contribution is -2.52. The summed E-state index contributed by atoms with van der Waals surface area (Å²) < 4.78 is 40.5. The van der Waals surface area contributed by atoms with Gasteiger partial charge in [-0.2, -0.15) is 0 Å². The van der Waals surface area contributed by atoms with Crippen LogP contribution >= 0.6 is 0 Å². The molecule has 8 nitrogen and oxygen atoms in total. The van der Waals surface area contributed by atoms with E-state index in [0.29, 0.717) is 30.3 Å². The SMILES string of the molecule is CC1CC2CCC3(OCC(C4OC5OC6(CCC7CC(C)CC6C7)OC5C4OC(=O)C(C)CN4CCCCC4)O3)C(C1)C2. The maximum absolute atomic E-state index is 13.7. The Labute approximate surface area is 258 Å². The average molecular weight is 602 g/mol. The van der Waals surface area contributed by atoms with Gasteiger partial charge in [0.25, 0.3) is 0 Å². The molecule has 8 heteroatoms. The first-order valence-electron chi connectivity index (χ1n) is 18.0. The maximum Gasteiger partial charge on any atom is 0.310 e. The van der Waals surface area contributed by atoms with Crippen molar-refractivity contribution in [3.8, 4) is 0 Å². The van der Waals surface area contributed by atoms with E-state index in [-0.39, 0.29) is 18.0 Å². The molecule has 0 amide bonds. The maximum atomic E-state index is 13.7. The Morgan fingerprint density at radius 2 is 1.51 bits per heavy atom. The molecule has 0 N–H and O–H groups in total. The fourth-order valence-corrected chi connectivity index (χ4v) is 10.9. The van der Waals surface area contributed by atoms with Gasteiger partial charge in [-0.1, -0.05) is 27.2 Å². The summed E-state index contributed by atoms with van der Waals surface area (Å²) in [7, 11) is 0. The lowest BCUT2D eigenvalue weighted by Gasteiger charge is -2.48. The van der Waals surface area contributed by atoms with Gasteiger partial charge in [0.1, 0.15) is 12.2 Å². The number of likely N-dealkylation sites (tertiary alicyclic amines) is 1. The van der Waals surface area contributed by atoms with Crippen molar-refractivity contribution in [3.63, 3.8) is 0 Å². The first-order chi connectivity index (χ1) is 20.8. The second kappa shape index (κ2) is 11.5. The minimum Gasteiger partial charge on any atom is -0.456 e. The van der Waals surface area contributed by atoms with Gasteiger partial charge >= 0.3 is 5.97 Å². The molecule has 4 bridgehead atoms. The van der Waals surface area contributed by atoms with E-state index >= 15 is 0 Å². The van der Waals surface area contributed by atoms with Crippen LogP contribution in [-0.4, -0.2) is 79.4 Å². The molecule has 4 heterocycles. The van der Waals surface area contributed by atoms with E-state index in [1.54, 1.807) is 0 Å². The number of hydrogen-bond acceptors (Lipinski definition) is 8. The molecular weight excluding hydrogens is 546 g/mol. The van der Waals surface area contributed by atoms with Crippen LogP contribution in [0.4, 0.5) is 0 Å². The first kappa shape index (κ1) is 29.6. The summed E-state index contributed by atoms with van der Waals surface area (Å²) in [6, 6.07) is 0. The lowest BCUT2D eigenvalue weighted by molar-refractivity contribution is -0.292. The minimum absolute atomic E-state index is 0.167. The molecule has 242 valence electrons. The molecule has 0 aromatic heterocycles. The summed E-state index contributed by atoms with van der Waals surface area (Å²) in [5.74, 6) is 2.20. The van der Waals surface area contributed by atoms with Crippen LogP contribution in [0.1, 0.15) is 104 Å². The van der Waals surface area contributed by atoms with Gasteiger partial charge in [0.2, 0.25) is 0 Å². The number of hydrogen-bond donors (Lipinski definition) is 0. The van der Waals surface area contributed by atoms with Crippen molar-refractivity contribution in [3.05, 3.63) is 0 Å². The van der Waals surface area contributed by atoms with Crippen molar-refractivity contribution in [2.24, 2.45) is 41.4 Å². The van der Waals surface area contributed by atoms with Gasteiger partial charge in [0.15, 0.2) is 30.1 Å². The van der Waals surface area contributed by atoms with Crippen LogP contribution < -0.4 is 0 Å². The van der Waals surface area contributed by atoms with Gasteiger partial charge in [-0.25, -0.2) is 0 Å². The van der Waals surface area contributed by atoms with Crippen molar-refractivity contribution < 1.29 is 33.2 Å². The summed E-state index contributed by atoms with van der Waals surface area (Å²) in [4.78, 5) is 16.1. The molecule has 8 rings (SSSR count). The van der Waals surface area contributed by atoms with Crippen molar-refractivity contribution in [1.82, 2.24) is 4.90 Å². The summed E-state index contributed by atoms with van der Waals surface area (Å²) in [6.07, 6.45) is 12.8. The van der Waals surface area contributed by atoms with Crippen LogP contribution in [0.25, 0.3) is 0 Å². The Morgan fingerprint density at radius 1 is 0.837 bits per heavy atom. The molecule has 43 heavy (non-hydrogen) atoms. The van der Waals surface area contributed by atoms with E-state index in [4.69, 9.17) is 28.4 Å². The molecule has 14 unspecified atom stereocenters. The normalized spacial score (nSPS) is 51.9. The molecular formula is C35H55NO7. The third-order valence-corrected chi connectivity index (χ3v) is 12.8.